The first-order valence-electron chi connectivity index (χ1n) is 4.71. The fraction of sp³-hybridized carbons (Fsp3) is 0.0769. The highest BCUT2D eigenvalue weighted by atomic mass is 32.2. The maximum atomic E-state index is 11.8. The van der Waals surface area contributed by atoms with Crippen LogP contribution in [0.5, 0.6) is 0 Å². The van der Waals surface area contributed by atoms with Crippen LogP contribution in [0.4, 0.5) is 0 Å². The summed E-state index contributed by atoms with van der Waals surface area (Å²) in [6.45, 7) is 11.3. The molecule has 1 rings (SSSR count). The van der Waals surface area contributed by atoms with Crippen LogP contribution < -0.4 is 0 Å². The summed E-state index contributed by atoms with van der Waals surface area (Å²) in [6, 6.07) is 8.27. The van der Waals surface area contributed by atoms with E-state index in [2.05, 4.69) is 19.7 Å². The standard InChI is InChI=1S/C11H12O2S.C2H4/c1-3-7-10(2)14(12,13)11-8-5-4-6-9-11;1-2/h3-9H,2H2,1H3;1-2H2/b7-3-;. The van der Waals surface area contributed by atoms with Crippen LogP contribution in [0.2, 0.25) is 0 Å². The molecule has 0 saturated heterocycles. The van der Waals surface area contributed by atoms with Crippen LogP contribution in [0.15, 0.2) is 72.0 Å². The average molecular weight is 236 g/mol. The largest absolute Gasteiger partial charge is 0.219 e. The van der Waals surface area contributed by atoms with Gasteiger partial charge in [-0.3, -0.25) is 0 Å². The molecule has 3 heteroatoms. The molecule has 16 heavy (non-hydrogen) atoms. The molecule has 0 aromatic heterocycles. The molecular formula is C13H16O2S. The minimum atomic E-state index is -3.38. The molecule has 2 nitrogen and oxygen atoms in total. The SMILES string of the molecule is C=C.C=C(/C=C\C)S(=O)(=O)c1ccccc1. The van der Waals surface area contributed by atoms with Gasteiger partial charge >= 0.3 is 0 Å². The Morgan fingerprint density at radius 1 is 1.19 bits per heavy atom. The van der Waals surface area contributed by atoms with Crippen LogP contribution in [0, 0.1) is 0 Å². The van der Waals surface area contributed by atoms with E-state index >= 15 is 0 Å². The van der Waals surface area contributed by atoms with Crippen LogP contribution in [-0.2, 0) is 9.84 Å². The quantitative estimate of drug-likeness (QED) is 0.595. The molecule has 0 aliphatic rings. The van der Waals surface area contributed by atoms with Crippen molar-refractivity contribution < 1.29 is 8.42 Å². The third kappa shape index (κ3) is 3.51. The molecule has 0 saturated carbocycles. The van der Waals surface area contributed by atoms with Crippen molar-refractivity contribution in [3.8, 4) is 0 Å². The first kappa shape index (κ1) is 14.4. The Labute approximate surface area is 97.5 Å². The van der Waals surface area contributed by atoms with Crippen molar-refractivity contribution in [2.75, 3.05) is 0 Å². The average Bonchev–Trinajstić information content (AvgIpc) is 2.33. The third-order valence-corrected chi connectivity index (χ3v) is 3.47. The second-order valence-corrected chi connectivity index (χ2v) is 4.79. The van der Waals surface area contributed by atoms with Gasteiger partial charge in [0.05, 0.1) is 9.80 Å². The number of allylic oxidation sites excluding steroid dienone is 2. The fourth-order valence-electron chi connectivity index (χ4n) is 1.03. The van der Waals surface area contributed by atoms with Crippen LogP contribution in [0.1, 0.15) is 6.92 Å². The molecule has 0 radical (unpaired) electrons. The highest BCUT2D eigenvalue weighted by Crippen LogP contribution is 2.17. The van der Waals surface area contributed by atoms with E-state index in [9.17, 15) is 8.42 Å². The van der Waals surface area contributed by atoms with Gasteiger partial charge in [-0.2, -0.15) is 0 Å². The molecule has 1 aromatic rings. The Morgan fingerprint density at radius 3 is 2.12 bits per heavy atom. The summed E-state index contributed by atoms with van der Waals surface area (Å²) < 4.78 is 23.5. The summed E-state index contributed by atoms with van der Waals surface area (Å²) in [5.41, 5.74) is 0. The van der Waals surface area contributed by atoms with Gasteiger partial charge in [-0.25, -0.2) is 8.42 Å². The van der Waals surface area contributed by atoms with E-state index in [1.54, 1.807) is 43.3 Å². The number of hydrogen-bond donors (Lipinski definition) is 0. The number of sulfone groups is 1. The summed E-state index contributed by atoms with van der Waals surface area (Å²) in [5.74, 6) is 0. The Hall–Kier alpha value is -1.61. The highest BCUT2D eigenvalue weighted by Gasteiger charge is 2.15. The molecule has 0 heterocycles. The van der Waals surface area contributed by atoms with Crippen LogP contribution in [0.3, 0.4) is 0 Å². The van der Waals surface area contributed by atoms with Gasteiger partial charge in [-0.15, -0.1) is 13.2 Å². The molecule has 0 atom stereocenters. The van der Waals surface area contributed by atoms with Gasteiger partial charge in [0.25, 0.3) is 0 Å². The Morgan fingerprint density at radius 2 is 1.69 bits per heavy atom. The molecule has 0 bridgehead atoms. The smallest absolute Gasteiger partial charge is 0.205 e. The molecule has 0 aliphatic heterocycles. The first-order chi connectivity index (χ1) is 7.59. The topological polar surface area (TPSA) is 34.1 Å². The molecule has 0 spiro atoms. The van der Waals surface area contributed by atoms with E-state index in [-0.39, 0.29) is 9.80 Å². The van der Waals surface area contributed by atoms with Gasteiger partial charge in [-0.05, 0) is 25.1 Å². The second-order valence-electron chi connectivity index (χ2n) is 2.78. The monoisotopic (exact) mass is 236 g/mol. The van der Waals surface area contributed by atoms with Crippen LogP contribution in [-0.4, -0.2) is 8.42 Å². The molecule has 0 aliphatic carbocycles. The zero-order valence-corrected chi connectivity index (χ0v) is 10.2. The van der Waals surface area contributed by atoms with E-state index in [0.717, 1.165) is 0 Å². The first-order valence-corrected chi connectivity index (χ1v) is 6.19. The van der Waals surface area contributed by atoms with E-state index in [1.165, 1.54) is 6.08 Å². The van der Waals surface area contributed by atoms with Crippen molar-refractivity contribution in [2.24, 2.45) is 0 Å². The fourth-order valence-corrected chi connectivity index (χ4v) is 2.16. The summed E-state index contributed by atoms with van der Waals surface area (Å²) in [5, 5.41) is 0. The molecule has 0 unspecified atom stereocenters. The molecule has 86 valence electrons. The molecule has 1 aromatic carbocycles. The van der Waals surface area contributed by atoms with Gasteiger partial charge in [-0.1, -0.05) is 30.9 Å². The number of benzene rings is 1. The van der Waals surface area contributed by atoms with Crippen LogP contribution in [0.25, 0.3) is 0 Å². The molecular weight excluding hydrogens is 220 g/mol. The van der Waals surface area contributed by atoms with E-state index in [4.69, 9.17) is 0 Å². The Bertz CT molecular complexity index is 456. The Balaban J connectivity index is 0.00000106. The highest BCUT2D eigenvalue weighted by molar-refractivity contribution is 7.95. The molecule has 0 N–H and O–H groups in total. The zero-order valence-electron chi connectivity index (χ0n) is 9.39. The van der Waals surface area contributed by atoms with Crippen LogP contribution >= 0.6 is 0 Å². The van der Waals surface area contributed by atoms with Crippen molar-refractivity contribution in [3.05, 3.63) is 67.1 Å². The number of hydrogen-bond acceptors (Lipinski definition) is 2. The predicted molar refractivity (Wildman–Crippen MR) is 68.8 cm³/mol. The zero-order chi connectivity index (χ0) is 12.6. The van der Waals surface area contributed by atoms with Gasteiger partial charge in [0.15, 0.2) is 0 Å². The maximum absolute atomic E-state index is 11.8. The van der Waals surface area contributed by atoms with Gasteiger partial charge in [0.2, 0.25) is 9.84 Å². The predicted octanol–water partition coefficient (Wildman–Crippen LogP) is 3.35. The van der Waals surface area contributed by atoms with Crippen molar-refractivity contribution in [1.29, 1.82) is 0 Å². The van der Waals surface area contributed by atoms with Gasteiger partial charge in [0, 0.05) is 0 Å². The minimum Gasteiger partial charge on any atom is -0.219 e. The van der Waals surface area contributed by atoms with Gasteiger partial charge in [0.1, 0.15) is 0 Å². The van der Waals surface area contributed by atoms with E-state index < -0.39 is 9.84 Å². The lowest BCUT2D eigenvalue weighted by Gasteiger charge is -2.02. The number of rotatable bonds is 3. The minimum absolute atomic E-state index is 0.117. The summed E-state index contributed by atoms with van der Waals surface area (Å²) >= 11 is 0. The van der Waals surface area contributed by atoms with Gasteiger partial charge < -0.3 is 0 Å². The van der Waals surface area contributed by atoms with Crippen molar-refractivity contribution in [3.63, 3.8) is 0 Å². The van der Waals surface area contributed by atoms with Crippen molar-refractivity contribution in [1.82, 2.24) is 0 Å². The van der Waals surface area contributed by atoms with E-state index in [0.29, 0.717) is 0 Å². The lowest BCUT2D eigenvalue weighted by Crippen LogP contribution is -2.01. The lowest BCUT2D eigenvalue weighted by atomic mass is 10.4. The summed E-state index contributed by atoms with van der Waals surface area (Å²) in [7, 11) is -3.38. The third-order valence-electron chi connectivity index (χ3n) is 1.75. The molecule has 0 fully saturated rings. The van der Waals surface area contributed by atoms with Crippen molar-refractivity contribution >= 4 is 9.84 Å². The maximum Gasteiger partial charge on any atom is 0.205 e. The molecule has 0 amide bonds. The second kappa shape index (κ2) is 6.80. The Kier molecular flexibility index (Phi) is 6.11. The normalized spacial score (nSPS) is 10.6. The van der Waals surface area contributed by atoms with E-state index in [1.807, 2.05) is 0 Å². The summed E-state index contributed by atoms with van der Waals surface area (Å²) in [4.78, 5) is 0.398. The summed E-state index contributed by atoms with van der Waals surface area (Å²) in [6.07, 6.45) is 3.14. The lowest BCUT2D eigenvalue weighted by molar-refractivity contribution is 0.603. The van der Waals surface area contributed by atoms with Crippen molar-refractivity contribution in [2.45, 2.75) is 11.8 Å².